The van der Waals surface area contributed by atoms with Gasteiger partial charge in [-0.3, -0.25) is 0 Å². The topological polar surface area (TPSA) is 51.1 Å². The number of aryl methyl sites for hydroxylation is 2. The molecule has 0 fully saturated rings. The Labute approximate surface area is 253 Å². The fourth-order valence-electron chi connectivity index (χ4n) is 5.97. The van der Waals surface area contributed by atoms with E-state index in [-0.39, 0.29) is 0 Å². The molecule has 4 aromatic carbocycles. The number of aromatic nitrogens is 1. The second kappa shape index (κ2) is 12.7. The average molecular weight is 578 g/mol. The molecule has 1 aliphatic rings. The molecular weight excluding hydrogens is 538 g/mol. The molecule has 0 atom stereocenters. The number of benzene rings is 4. The highest BCUT2D eigenvalue weighted by Gasteiger charge is 2.28. The number of ether oxygens (including phenoxy) is 5. The van der Waals surface area contributed by atoms with Gasteiger partial charge in [-0.2, -0.15) is 0 Å². The predicted molar refractivity (Wildman–Crippen MR) is 172 cm³/mol. The van der Waals surface area contributed by atoms with Crippen molar-refractivity contribution in [2.45, 2.75) is 47.3 Å². The van der Waals surface area contributed by atoms with E-state index >= 15 is 0 Å². The molecule has 1 aromatic heterocycles. The van der Waals surface area contributed by atoms with Crippen molar-refractivity contribution in [3.05, 3.63) is 90.0 Å². The molecule has 0 spiro atoms. The minimum atomic E-state index is 0.507. The van der Waals surface area contributed by atoms with Crippen LogP contribution in [0.25, 0.3) is 33.3 Å². The molecule has 0 bridgehead atoms. The van der Waals surface area contributed by atoms with Crippen LogP contribution in [-0.4, -0.2) is 31.0 Å². The molecule has 0 saturated carbocycles. The van der Waals surface area contributed by atoms with Crippen LogP contribution in [0.1, 0.15) is 38.8 Å². The van der Waals surface area contributed by atoms with Crippen molar-refractivity contribution in [1.29, 1.82) is 0 Å². The van der Waals surface area contributed by atoms with Crippen molar-refractivity contribution in [1.82, 2.24) is 4.57 Å². The van der Waals surface area contributed by atoms with E-state index < -0.39 is 0 Å². The molecule has 6 nitrogen and oxygen atoms in total. The van der Waals surface area contributed by atoms with Crippen LogP contribution in [0.5, 0.6) is 28.7 Å². The zero-order valence-electron chi connectivity index (χ0n) is 25.4. The van der Waals surface area contributed by atoms with Gasteiger partial charge in [0.25, 0.3) is 0 Å². The van der Waals surface area contributed by atoms with E-state index in [0.29, 0.717) is 33.0 Å². The van der Waals surface area contributed by atoms with Crippen LogP contribution in [0.15, 0.2) is 78.9 Å². The third kappa shape index (κ3) is 5.62. The summed E-state index contributed by atoms with van der Waals surface area (Å²) in [5.41, 5.74) is 8.06. The van der Waals surface area contributed by atoms with E-state index in [0.717, 1.165) is 75.0 Å². The van der Waals surface area contributed by atoms with Gasteiger partial charge < -0.3 is 28.3 Å². The zero-order chi connectivity index (χ0) is 29.8. The molecular formula is C37H39NO5. The summed E-state index contributed by atoms with van der Waals surface area (Å²) in [5.74, 6) is 3.88. The molecule has 6 rings (SSSR count). The zero-order valence-corrected chi connectivity index (χ0v) is 25.4. The van der Waals surface area contributed by atoms with Gasteiger partial charge >= 0.3 is 0 Å². The maximum absolute atomic E-state index is 6.31. The van der Waals surface area contributed by atoms with E-state index in [1.165, 1.54) is 11.1 Å². The Morgan fingerprint density at radius 1 is 0.628 bits per heavy atom. The fraction of sp³-hybridized carbons (Fsp3) is 0.297. The number of fused-ring (bicyclic) bond motifs is 5. The first-order valence-electron chi connectivity index (χ1n) is 15.3. The second-order valence-corrected chi connectivity index (χ2v) is 10.4. The summed E-state index contributed by atoms with van der Waals surface area (Å²) in [6.45, 7) is 11.6. The lowest BCUT2D eigenvalue weighted by Crippen LogP contribution is -2.12. The minimum Gasteiger partial charge on any atom is -0.490 e. The number of nitrogens with zero attached hydrogens (tertiary/aromatic N) is 1. The molecule has 0 radical (unpaired) electrons. The van der Waals surface area contributed by atoms with Gasteiger partial charge in [0.2, 0.25) is 0 Å². The summed E-state index contributed by atoms with van der Waals surface area (Å²) in [6.07, 6.45) is 0.901. The Bertz CT molecular complexity index is 1720. The second-order valence-electron chi connectivity index (χ2n) is 10.4. The highest BCUT2D eigenvalue weighted by Crippen LogP contribution is 2.49. The van der Waals surface area contributed by atoms with E-state index in [9.17, 15) is 0 Å². The smallest absolute Gasteiger partial charge is 0.161 e. The number of rotatable bonds is 12. The fourth-order valence-corrected chi connectivity index (χ4v) is 5.97. The summed E-state index contributed by atoms with van der Waals surface area (Å²) in [7, 11) is 0. The van der Waals surface area contributed by atoms with Crippen molar-refractivity contribution < 1.29 is 23.7 Å². The normalized spacial score (nSPS) is 12.0. The average Bonchev–Trinajstić information content (AvgIpc) is 3.36. The SMILES string of the molecule is CCOc1ccc(-c2c3n(c4ccc(OCc5ccccc5)cc24)CCc2cc(OCC)c(OCC)cc2-3)cc1OCC. The van der Waals surface area contributed by atoms with Gasteiger partial charge in [-0.15, -0.1) is 0 Å². The molecule has 0 N–H and O–H groups in total. The first-order valence-corrected chi connectivity index (χ1v) is 15.3. The maximum atomic E-state index is 6.31. The van der Waals surface area contributed by atoms with E-state index in [4.69, 9.17) is 23.7 Å². The molecule has 43 heavy (non-hydrogen) atoms. The first kappa shape index (κ1) is 28.5. The van der Waals surface area contributed by atoms with Gasteiger partial charge in [0.05, 0.1) is 32.1 Å². The van der Waals surface area contributed by atoms with Crippen LogP contribution in [-0.2, 0) is 19.6 Å². The monoisotopic (exact) mass is 577 g/mol. The van der Waals surface area contributed by atoms with Crippen LogP contribution < -0.4 is 23.7 Å². The van der Waals surface area contributed by atoms with Crippen molar-refractivity contribution in [2.24, 2.45) is 0 Å². The van der Waals surface area contributed by atoms with Crippen molar-refractivity contribution in [3.8, 4) is 51.1 Å². The summed E-state index contributed by atoms with van der Waals surface area (Å²) >= 11 is 0. The standard InChI is InChI=1S/C37H39NO5/c1-5-39-32-17-14-27(21-33(32)40-6-2)36-30-22-28(43-24-25-12-10-9-11-13-25)15-16-31(30)38-19-18-26-20-34(41-7-3)35(42-8-4)23-29(26)37(36)38/h9-17,20-23H,5-8,18-19,24H2,1-4H3. The Balaban J connectivity index is 1.56. The molecule has 5 aromatic rings. The van der Waals surface area contributed by atoms with Crippen LogP contribution >= 0.6 is 0 Å². The van der Waals surface area contributed by atoms with E-state index in [1.807, 2.05) is 52.0 Å². The Morgan fingerprint density at radius 2 is 1.30 bits per heavy atom. The van der Waals surface area contributed by atoms with Crippen molar-refractivity contribution in [2.75, 3.05) is 26.4 Å². The van der Waals surface area contributed by atoms with Crippen LogP contribution in [0.3, 0.4) is 0 Å². The van der Waals surface area contributed by atoms with Gasteiger partial charge in [0.1, 0.15) is 12.4 Å². The maximum Gasteiger partial charge on any atom is 0.161 e. The van der Waals surface area contributed by atoms with Gasteiger partial charge in [0, 0.05) is 28.6 Å². The largest absolute Gasteiger partial charge is 0.490 e. The lowest BCUT2D eigenvalue weighted by molar-refractivity contribution is 0.287. The highest BCUT2D eigenvalue weighted by molar-refractivity contribution is 6.06. The highest BCUT2D eigenvalue weighted by atomic mass is 16.5. The summed E-state index contributed by atoms with van der Waals surface area (Å²) in [4.78, 5) is 0. The first-order chi connectivity index (χ1) is 21.1. The lowest BCUT2D eigenvalue weighted by Gasteiger charge is -2.24. The third-order valence-corrected chi connectivity index (χ3v) is 7.74. The molecule has 0 amide bonds. The molecule has 222 valence electrons. The molecule has 2 heterocycles. The minimum absolute atomic E-state index is 0.507. The van der Waals surface area contributed by atoms with Gasteiger partial charge in [-0.25, -0.2) is 0 Å². The quantitative estimate of drug-likeness (QED) is 0.148. The predicted octanol–water partition coefficient (Wildman–Crippen LogP) is 8.71. The van der Waals surface area contributed by atoms with Gasteiger partial charge in [-0.05, 0) is 93.3 Å². The summed E-state index contributed by atoms with van der Waals surface area (Å²) < 4.78 is 32.8. The van der Waals surface area contributed by atoms with Crippen molar-refractivity contribution in [3.63, 3.8) is 0 Å². The molecule has 0 saturated heterocycles. The Morgan fingerprint density at radius 3 is 2.02 bits per heavy atom. The van der Waals surface area contributed by atoms with Gasteiger partial charge in [-0.1, -0.05) is 36.4 Å². The van der Waals surface area contributed by atoms with E-state index in [2.05, 4.69) is 59.2 Å². The molecule has 6 heteroatoms. The van der Waals surface area contributed by atoms with Crippen molar-refractivity contribution >= 4 is 10.9 Å². The van der Waals surface area contributed by atoms with Crippen LogP contribution in [0.2, 0.25) is 0 Å². The number of hydrogen-bond acceptors (Lipinski definition) is 5. The lowest BCUT2D eigenvalue weighted by atomic mass is 9.92. The Hall–Kier alpha value is -4.58. The van der Waals surface area contributed by atoms with Crippen LogP contribution in [0, 0.1) is 0 Å². The molecule has 0 aliphatic carbocycles. The summed E-state index contributed by atoms with van der Waals surface area (Å²) in [6, 6.07) is 27.3. The third-order valence-electron chi connectivity index (χ3n) is 7.74. The van der Waals surface area contributed by atoms with E-state index in [1.54, 1.807) is 0 Å². The Kier molecular flexibility index (Phi) is 8.45. The number of hydrogen-bond donors (Lipinski definition) is 0. The molecule has 1 aliphatic heterocycles. The summed E-state index contributed by atoms with van der Waals surface area (Å²) in [5, 5.41) is 1.13. The van der Waals surface area contributed by atoms with Gasteiger partial charge in [0.15, 0.2) is 23.0 Å². The van der Waals surface area contributed by atoms with Crippen LogP contribution in [0.4, 0.5) is 0 Å². The molecule has 0 unspecified atom stereocenters.